The molecule has 0 aliphatic heterocycles. The summed E-state index contributed by atoms with van der Waals surface area (Å²) < 4.78 is 49.4. The molecule has 1 aromatic heterocycles. The molecule has 0 spiro atoms. The molecule has 0 fully saturated rings. The summed E-state index contributed by atoms with van der Waals surface area (Å²) in [4.78, 5) is 3.69. The number of alkyl halides is 3. The van der Waals surface area contributed by atoms with Crippen LogP contribution in [0.4, 0.5) is 13.2 Å². The Labute approximate surface area is 149 Å². The molecule has 2 aromatic rings. The number of benzene rings is 1. The molecular weight excluding hydrogens is 355 g/mol. The maximum Gasteiger partial charge on any atom is 0.417 e. The lowest BCUT2D eigenvalue weighted by Crippen LogP contribution is -2.07. The van der Waals surface area contributed by atoms with Gasteiger partial charge in [0.25, 0.3) is 0 Å². The second kappa shape index (κ2) is 7.78. The predicted octanol–water partition coefficient (Wildman–Crippen LogP) is 6.06. The summed E-state index contributed by atoms with van der Waals surface area (Å²) >= 11 is 5.90. The third-order valence-corrected chi connectivity index (χ3v) is 3.39. The molecule has 0 saturated heterocycles. The molecule has 1 heterocycles. The van der Waals surface area contributed by atoms with Gasteiger partial charge in [-0.2, -0.15) is 13.2 Å². The van der Waals surface area contributed by atoms with E-state index in [-0.39, 0.29) is 17.0 Å². The van der Waals surface area contributed by atoms with Gasteiger partial charge in [-0.05, 0) is 38.0 Å². The standard InChI is InChI=1S/C18H17ClF3NO2/c1-4-5-12-6-7-14(24-11(2)3)9-16(12)25-17-15(19)8-13(10-23-17)18(20,21)22/h4,6-11H,1,5H2,2-3H3. The Balaban J connectivity index is 2.36. The van der Waals surface area contributed by atoms with Gasteiger partial charge in [0.1, 0.15) is 16.5 Å². The molecule has 0 unspecified atom stereocenters. The molecule has 0 atom stereocenters. The maximum absolute atomic E-state index is 12.7. The monoisotopic (exact) mass is 371 g/mol. The first-order valence-electron chi connectivity index (χ1n) is 7.51. The zero-order valence-electron chi connectivity index (χ0n) is 13.7. The van der Waals surface area contributed by atoms with Gasteiger partial charge in [-0.1, -0.05) is 23.7 Å². The van der Waals surface area contributed by atoms with E-state index in [4.69, 9.17) is 21.1 Å². The van der Waals surface area contributed by atoms with Crippen molar-refractivity contribution >= 4 is 11.6 Å². The number of aromatic nitrogens is 1. The van der Waals surface area contributed by atoms with Gasteiger partial charge >= 0.3 is 6.18 Å². The van der Waals surface area contributed by atoms with Gasteiger partial charge in [0.15, 0.2) is 0 Å². The second-order valence-electron chi connectivity index (χ2n) is 5.54. The third-order valence-electron chi connectivity index (χ3n) is 3.12. The van der Waals surface area contributed by atoms with Crippen LogP contribution in [0.25, 0.3) is 0 Å². The molecule has 0 amide bonds. The van der Waals surface area contributed by atoms with Crippen LogP contribution in [0, 0.1) is 0 Å². The van der Waals surface area contributed by atoms with Crippen molar-refractivity contribution in [1.82, 2.24) is 4.98 Å². The van der Waals surface area contributed by atoms with Crippen LogP contribution in [-0.4, -0.2) is 11.1 Å². The maximum atomic E-state index is 12.7. The quantitative estimate of drug-likeness (QED) is 0.578. The largest absolute Gasteiger partial charge is 0.491 e. The first kappa shape index (κ1) is 19.1. The molecule has 2 rings (SSSR count). The molecule has 0 N–H and O–H groups in total. The second-order valence-corrected chi connectivity index (χ2v) is 5.95. The van der Waals surface area contributed by atoms with E-state index in [2.05, 4.69) is 11.6 Å². The lowest BCUT2D eigenvalue weighted by Gasteiger charge is -2.15. The van der Waals surface area contributed by atoms with E-state index in [1.165, 1.54) is 0 Å². The van der Waals surface area contributed by atoms with Gasteiger partial charge in [-0.15, -0.1) is 6.58 Å². The molecule has 0 radical (unpaired) electrons. The zero-order chi connectivity index (χ0) is 18.6. The van der Waals surface area contributed by atoms with Crippen molar-refractivity contribution < 1.29 is 22.6 Å². The average molecular weight is 372 g/mol. The fourth-order valence-electron chi connectivity index (χ4n) is 2.06. The Morgan fingerprint density at radius 2 is 2.00 bits per heavy atom. The van der Waals surface area contributed by atoms with E-state index in [0.717, 1.165) is 11.6 Å². The number of ether oxygens (including phenoxy) is 2. The van der Waals surface area contributed by atoms with Crippen molar-refractivity contribution in [2.24, 2.45) is 0 Å². The summed E-state index contributed by atoms with van der Waals surface area (Å²) in [6.45, 7) is 7.44. The van der Waals surface area contributed by atoms with Crippen LogP contribution in [0.5, 0.6) is 17.4 Å². The molecule has 0 saturated carbocycles. The van der Waals surface area contributed by atoms with E-state index in [1.807, 2.05) is 13.8 Å². The minimum absolute atomic E-state index is 0.0362. The first-order valence-corrected chi connectivity index (χ1v) is 7.89. The summed E-state index contributed by atoms with van der Waals surface area (Å²) in [6.07, 6.45) is -1.68. The fraction of sp³-hybridized carbons (Fsp3) is 0.278. The Bertz CT molecular complexity index is 760. The van der Waals surface area contributed by atoms with Crippen molar-refractivity contribution in [3.63, 3.8) is 0 Å². The molecule has 7 heteroatoms. The number of halogens is 4. The van der Waals surface area contributed by atoms with Crippen LogP contribution in [0.15, 0.2) is 43.1 Å². The highest BCUT2D eigenvalue weighted by Crippen LogP contribution is 2.36. The number of nitrogens with zero attached hydrogens (tertiary/aromatic N) is 1. The Morgan fingerprint density at radius 1 is 1.28 bits per heavy atom. The number of rotatable bonds is 6. The van der Waals surface area contributed by atoms with Gasteiger partial charge in [0.05, 0.1) is 11.7 Å². The Morgan fingerprint density at radius 3 is 2.56 bits per heavy atom. The topological polar surface area (TPSA) is 31.4 Å². The SMILES string of the molecule is C=CCc1ccc(OC(C)C)cc1Oc1ncc(C(F)(F)F)cc1Cl. The molecular formula is C18H17ClF3NO2. The van der Waals surface area contributed by atoms with Crippen LogP contribution < -0.4 is 9.47 Å². The Hall–Kier alpha value is -2.21. The summed E-state index contributed by atoms with van der Waals surface area (Å²) in [7, 11) is 0. The summed E-state index contributed by atoms with van der Waals surface area (Å²) in [6, 6.07) is 6.01. The number of hydrogen-bond acceptors (Lipinski definition) is 3. The number of pyridine rings is 1. The normalized spacial score (nSPS) is 11.5. The van der Waals surface area contributed by atoms with Gasteiger partial charge < -0.3 is 9.47 Å². The van der Waals surface area contributed by atoms with Crippen molar-refractivity contribution in [1.29, 1.82) is 0 Å². The highest BCUT2D eigenvalue weighted by atomic mass is 35.5. The zero-order valence-corrected chi connectivity index (χ0v) is 14.5. The third kappa shape index (κ3) is 5.13. The van der Waals surface area contributed by atoms with Crippen LogP contribution >= 0.6 is 11.6 Å². The Kier molecular flexibility index (Phi) is 5.95. The van der Waals surface area contributed by atoms with Crippen LogP contribution in [0.2, 0.25) is 5.02 Å². The van der Waals surface area contributed by atoms with E-state index in [0.29, 0.717) is 24.1 Å². The molecule has 3 nitrogen and oxygen atoms in total. The van der Waals surface area contributed by atoms with Crippen molar-refractivity contribution in [2.75, 3.05) is 0 Å². The molecule has 0 aliphatic rings. The van der Waals surface area contributed by atoms with Crippen molar-refractivity contribution in [3.8, 4) is 17.4 Å². The van der Waals surface area contributed by atoms with Gasteiger partial charge in [-0.3, -0.25) is 0 Å². The van der Waals surface area contributed by atoms with E-state index < -0.39 is 11.7 Å². The first-order chi connectivity index (χ1) is 11.7. The minimum atomic E-state index is -4.52. The lowest BCUT2D eigenvalue weighted by molar-refractivity contribution is -0.137. The van der Waals surface area contributed by atoms with Crippen LogP contribution in [-0.2, 0) is 12.6 Å². The van der Waals surface area contributed by atoms with Crippen LogP contribution in [0.3, 0.4) is 0 Å². The lowest BCUT2D eigenvalue weighted by atomic mass is 10.1. The van der Waals surface area contributed by atoms with Gasteiger partial charge in [0.2, 0.25) is 5.88 Å². The minimum Gasteiger partial charge on any atom is -0.491 e. The highest BCUT2D eigenvalue weighted by Gasteiger charge is 2.31. The summed E-state index contributed by atoms with van der Waals surface area (Å²) in [5.74, 6) is 0.856. The molecule has 0 aliphatic carbocycles. The summed E-state index contributed by atoms with van der Waals surface area (Å²) in [5, 5.41) is -0.227. The molecule has 25 heavy (non-hydrogen) atoms. The van der Waals surface area contributed by atoms with Gasteiger partial charge in [0, 0.05) is 12.3 Å². The van der Waals surface area contributed by atoms with Crippen LogP contribution in [0.1, 0.15) is 25.0 Å². The average Bonchev–Trinajstić information content (AvgIpc) is 2.50. The molecule has 0 bridgehead atoms. The van der Waals surface area contributed by atoms with Crippen molar-refractivity contribution in [2.45, 2.75) is 32.5 Å². The molecule has 134 valence electrons. The fourth-order valence-corrected chi connectivity index (χ4v) is 2.26. The highest BCUT2D eigenvalue weighted by molar-refractivity contribution is 6.31. The van der Waals surface area contributed by atoms with Crippen molar-refractivity contribution in [3.05, 3.63) is 59.3 Å². The molecule has 1 aromatic carbocycles. The number of allylic oxidation sites excluding steroid dienone is 1. The summed E-state index contributed by atoms with van der Waals surface area (Å²) in [5.41, 5.74) is -0.156. The van der Waals surface area contributed by atoms with E-state index in [1.54, 1.807) is 24.3 Å². The van der Waals surface area contributed by atoms with E-state index >= 15 is 0 Å². The van der Waals surface area contributed by atoms with E-state index in [9.17, 15) is 13.2 Å². The smallest absolute Gasteiger partial charge is 0.417 e. The predicted molar refractivity (Wildman–Crippen MR) is 90.4 cm³/mol. The number of hydrogen-bond donors (Lipinski definition) is 0. The van der Waals surface area contributed by atoms with Gasteiger partial charge in [-0.25, -0.2) is 4.98 Å².